The van der Waals surface area contributed by atoms with E-state index in [0.29, 0.717) is 0 Å². The molecule has 0 N–H and O–H groups in total. The van der Waals surface area contributed by atoms with Crippen molar-refractivity contribution in [2.75, 3.05) is 13.2 Å². The fourth-order valence-corrected chi connectivity index (χ4v) is 0.330. The van der Waals surface area contributed by atoms with Crippen molar-refractivity contribution >= 4 is 0 Å². The second kappa shape index (κ2) is 4.88. The first-order chi connectivity index (χ1) is 5.52. The fraction of sp³-hybridized carbons (Fsp3) is 0.500. The Morgan fingerprint density at radius 3 is 1.75 bits per heavy atom. The molecular formula is C4H6N2O6. The van der Waals surface area contributed by atoms with E-state index in [1.165, 1.54) is 0 Å². The van der Waals surface area contributed by atoms with Gasteiger partial charge in [-0.25, -0.2) is 0 Å². The number of hydrogen-bond donors (Lipinski definition) is 0. The van der Waals surface area contributed by atoms with Crippen LogP contribution in [-0.4, -0.2) is 23.4 Å². The van der Waals surface area contributed by atoms with E-state index in [9.17, 15) is 20.2 Å². The van der Waals surface area contributed by atoms with Crippen LogP contribution in [0.15, 0.2) is 12.2 Å². The van der Waals surface area contributed by atoms with Gasteiger partial charge in [0, 0.05) is 0 Å². The molecule has 68 valence electrons. The average molecular weight is 178 g/mol. The van der Waals surface area contributed by atoms with Crippen LogP contribution in [-0.2, 0) is 9.68 Å². The van der Waals surface area contributed by atoms with Crippen LogP contribution in [0.3, 0.4) is 0 Å². The summed E-state index contributed by atoms with van der Waals surface area (Å²) in [6.07, 6.45) is 0. The second-order valence-electron chi connectivity index (χ2n) is 1.74. The minimum atomic E-state index is -1.02. The van der Waals surface area contributed by atoms with Gasteiger partial charge in [-0.1, -0.05) is 6.58 Å². The molecule has 0 aliphatic heterocycles. The number of rotatable bonds is 6. The van der Waals surface area contributed by atoms with Gasteiger partial charge in [-0.2, -0.15) is 0 Å². The van der Waals surface area contributed by atoms with Crippen molar-refractivity contribution in [3.05, 3.63) is 32.4 Å². The first-order valence-electron chi connectivity index (χ1n) is 2.73. The summed E-state index contributed by atoms with van der Waals surface area (Å²) in [5, 5.41) is 17.2. The molecule has 0 atom stereocenters. The van der Waals surface area contributed by atoms with Gasteiger partial charge in [0.15, 0.2) is 0 Å². The van der Waals surface area contributed by atoms with Crippen molar-refractivity contribution < 1.29 is 19.8 Å². The van der Waals surface area contributed by atoms with Crippen molar-refractivity contribution in [3.8, 4) is 0 Å². The van der Waals surface area contributed by atoms with Gasteiger partial charge in [0.1, 0.15) is 13.2 Å². The zero-order chi connectivity index (χ0) is 9.56. The third kappa shape index (κ3) is 6.26. The Bertz CT molecular complexity index is 182. The van der Waals surface area contributed by atoms with Crippen molar-refractivity contribution in [2.24, 2.45) is 0 Å². The summed E-state index contributed by atoms with van der Waals surface area (Å²) in [7, 11) is 0. The lowest BCUT2D eigenvalue weighted by Crippen LogP contribution is -2.10. The monoisotopic (exact) mass is 178 g/mol. The molecule has 0 aliphatic rings. The van der Waals surface area contributed by atoms with Crippen LogP contribution in [0, 0.1) is 20.2 Å². The summed E-state index contributed by atoms with van der Waals surface area (Å²) in [4.78, 5) is 26.9. The van der Waals surface area contributed by atoms with E-state index in [-0.39, 0.29) is 5.57 Å². The molecule has 0 saturated carbocycles. The molecule has 0 radical (unpaired) electrons. The van der Waals surface area contributed by atoms with Crippen LogP contribution >= 0.6 is 0 Å². The van der Waals surface area contributed by atoms with Gasteiger partial charge < -0.3 is 9.68 Å². The van der Waals surface area contributed by atoms with E-state index in [0.717, 1.165) is 0 Å². The standard InChI is InChI=1S/C4H6N2O6/c1-4(2-11-5(7)8)3-12-6(9)10/h1-3H2. The topological polar surface area (TPSA) is 105 Å². The van der Waals surface area contributed by atoms with Crippen molar-refractivity contribution in [3.63, 3.8) is 0 Å². The van der Waals surface area contributed by atoms with E-state index >= 15 is 0 Å². The van der Waals surface area contributed by atoms with E-state index in [1.54, 1.807) is 0 Å². The van der Waals surface area contributed by atoms with Gasteiger partial charge >= 0.3 is 0 Å². The van der Waals surface area contributed by atoms with Gasteiger partial charge in [-0.05, 0) is 5.57 Å². The van der Waals surface area contributed by atoms with Gasteiger partial charge in [-0.15, -0.1) is 20.2 Å². The average Bonchev–Trinajstić information content (AvgIpc) is 1.96. The van der Waals surface area contributed by atoms with E-state index in [1.807, 2.05) is 0 Å². The summed E-state index contributed by atoms with van der Waals surface area (Å²) in [6.45, 7) is 2.44. The summed E-state index contributed by atoms with van der Waals surface area (Å²) in [6, 6.07) is 0. The predicted octanol–water partition coefficient (Wildman–Crippen LogP) is -0.0408. The van der Waals surface area contributed by atoms with Crippen LogP contribution in [0.4, 0.5) is 0 Å². The van der Waals surface area contributed by atoms with E-state index in [2.05, 4.69) is 16.3 Å². The smallest absolute Gasteiger partial charge is 0.294 e. The Morgan fingerprint density at radius 1 is 1.17 bits per heavy atom. The largest absolute Gasteiger partial charge is 0.309 e. The number of nitrogens with zero attached hydrogens (tertiary/aromatic N) is 2. The summed E-state index contributed by atoms with van der Waals surface area (Å²) >= 11 is 0. The maximum atomic E-state index is 9.61. The highest BCUT2D eigenvalue weighted by atomic mass is 17.0. The summed E-state index contributed by atoms with van der Waals surface area (Å²) in [5.41, 5.74) is 0.114. The normalized spacial score (nSPS) is 8.67. The first kappa shape index (κ1) is 10.1. The van der Waals surface area contributed by atoms with Crippen molar-refractivity contribution in [1.29, 1.82) is 0 Å². The SMILES string of the molecule is C=C(CO[N+](=O)[O-])CO[N+](=O)[O-]. The van der Waals surface area contributed by atoms with Gasteiger partial charge in [-0.3, -0.25) is 0 Å². The molecule has 0 bridgehead atoms. The van der Waals surface area contributed by atoms with Crippen LogP contribution in [0.1, 0.15) is 0 Å². The third-order valence-electron chi connectivity index (χ3n) is 0.748. The van der Waals surface area contributed by atoms with Gasteiger partial charge in [0.2, 0.25) is 0 Å². The molecule has 0 spiro atoms. The molecule has 0 amide bonds. The van der Waals surface area contributed by atoms with E-state index in [4.69, 9.17) is 0 Å². The molecule has 0 aromatic heterocycles. The summed E-state index contributed by atoms with van der Waals surface area (Å²) < 4.78 is 0. The second-order valence-corrected chi connectivity index (χ2v) is 1.74. The molecule has 8 heteroatoms. The fourth-order valence-electron chi connectivity index (χ4n) is 0.330. The first-order valence-corrected chi connectivity index (χ1v) is 2.73. The minimum Gasteiger partial charge on any atom is -0.309 e. The highest BCUT2D eigenvalue weighted by Crippen LogP contribution is 1.92. The third-order valence-corrected chi connectivity index (χ3v) is 0.748. The molecule has 0 rings (SSSR count). The van der Waals surface area contributed by atoms with Crippen molar-refractivity contribution in [1.82, 2.24) is 0 Å². The molecular weight excluding hydrogens is 172 g/mol. The van der Waals surface area contributed by atoms with Crippen LogP contribution < -0.4 is 0 Å². The van der Waals surface area contributed by atoms with Gasteiger partial charge in [0.05, 0.1) is 0 Å². The van der Waals surface area contributed by atoms with Crippen LogP contribution in [0.25, 0.3) is 0 Å². The Balaban J connectivity index is 3.47. The highest BCUT2D eigenvalue weighted by molar-refractivity contribution is 4.93. The Kier molecular flexibility index (Phi) is 4.12. The molecule has 0 aliphatic carbocycles. The molecule has 8 nitrogen and oxygen atoms in total. The van der Waals surface area contributed by atoms with Crippen molar-refractivity contribution in [2.45, 2.75) is 0 Å². The lowest BCUT2D eigenvalue weighted by atomic mass is 10.4. The minimum absolute atomic E-state index is 0.114. The molecule has 0 aromatic rings. The lowest BCUT2D eigenvalue weighted by Gasteiger charge is -2.01. The molecule has 12 heavy (non-hydrogen) atoms. The lowest BCUT2D eigenvalue weighted by molar-refractivity contribution is -0.761. The maximum Gasteiger partial charge on any atom is 0.294 e. The van der Waals surface area contributed by atoms with Crippen LogP contribution in [0.5, 0.6) is 0 Å². The molecule has 0 unspecified atom stereocenters. The number of hydrogen-bond acceptors (Lipinski definition) is 6. The zero-order valence-corrected chi connectivity index (χ0v) is 5.97. The highest BCUT2D eigenvalue weighted by Gasteiger charge is 2.01. The Labute approximate surface area is 66.6 Å². The zero-order valence-electron chi connectivity index (χ0n) is 5.97. The molecule has 0 aromatic carbocycles. The van der Waals surface area contributed by atoms with Crippen LogP contribution in [0.2, 0.25) is 0 Å². The summed E-state index contributed by atoms with van der Waals surface area (Å²) in [5.74, 6) is 0. The Morgan fingerprint density at radius 2 is 1.50 bits per heavy atom. The Hall–Kier alpha value is -1.86. The molecule has 0 fully saturated rings. The van der Waals surface area contributed by atoms with Gasteiger partial charge in [0.25, 0.3) is 10.2 Å². The maximum absolute atomic E-state index is 9.61. The molecule has 0 saturated heterocycles. The van der Waals surface area contributed by atoms with E-state index < -0.39 is 23.4 Å². The quantitative estimate of drug-likeness (QED) is 0.321. The molecule has 0 heterocycles. The predicted molar refractivity (Wildman–Crippen MR) is 35.0 cm³/mol.